The number of carbonyl (C=O) groups excluding carboxylic acids is 2. The molecule has 1 N–H and O–H groups in total. The highest BCUT2D eigenvalue weighted by Crippen LogP contribution is 2.27. The minimum absolute atomic E-state index is 0.196. The van der Waals surface area contributed by atoms with Gasteiger partial charge in [-0.3, -0.25) is 13.9 Å². The van der Waals surface area contributed by atoms with Gasteiger partial charge in [-0.15, -0.1) is 0 Å². The molecule has 0 aromatic heterocycles. The van der Waals surface area contributed by atoms with E-state index in [-0.39, 0.29) is 18.4 Å². The summed E-state index contributed by atoms with van der Waals surface area (Å²) in [6.07, 6.45) is 1.09. The van der Waals surface area contributed by atoms with E-state index in [0.29, 0.717) is 12.2 Å². The molecule has 2 amide bonds. The normalized spacial score (nSPS) is 12.4. The third-order valence-electron chi connectivity index (χ3n) is 5.66. The predicted molar refractivity (Wildman–Crippen MR) is 137 cm³/mol. The molecule has 0 spiro atoms. The second kappa shape index (κ2) is 11.5. The minimum atomic E-state index is -3.75. The molecule has 8 heteroatoms. The monoisotopic (exact) mass is 487 g/mol. The van der Waals surface area contributed by atoms with Crippen LogP contribution in [-0.4, -0.2) is 50.5 Å². The van der Waals surface area contributed by atoms with Crippen LogP contribution in [0.15, 0.2) is 42.5 Å². The van der Waals surface area contributed by atoms with E-state index in [1.807, 2.05) is 77.1 Å². The molecule has 186 valence electrons. The Morgan fingerprint density at radius 2 is 1.56 bits per heavy atom. The summed E-state index contributed by atoms with van der Waals surface area (Å²) in [7, 11) is -3.75. The number of amides is 2. The van der Waals surface area contributed by atoms with Gasteiger partial charge in [0.25, 0.3) is 0 Å². The van der Waals surface area contributed by atoms with Crippen molar-refractivity contribution in [3.8, 4) is 0 Å². The van der Waals surface area contributed by atoms with Crippen LogP contribution in [0.5, 0.6) is 0 Å². The van der Waals surface area contributed by atoms with Gasteiger partial charge >= 0.3 is 0 Å². The van der Waals surface area contributed by atoms with Crippen molar-refractivity contribution in [1.82, 2.24) is 10.2 Å². The first-order chi connectivity index (χ1) is 15.8. The molecule has 2 rings (SSSR count). The van der Waals surface area contributed by atoms with E-state index in [2.05, 4.69) is 5.32 Å². The predicted octanol–water partition coefficient (Wildman–Crippen LogP) is 3.57. The van der Waals surface area contributed by atoms with Crippen molar-refractivity contribution >= 4 is 27.5 Å². The van der Waals surface area contributed by atoms with Crippen molar-refractivity contribution < 1.29 is 18.0 Å². The van der Waals surface area contributed by atoms with Crippen molar-refractivity contribution in [2.45, 2.75) is 54.1 Å². The molecule has 0 radical (unpaired) electrons. The topological polar surface area (TPSA) is 86.8 Å². The molecule has 7 nitrogen and oxygen atoms in total. The summed E-state index contributed by atoms with van der Waals surface area (Å²) in [5.74, 6) is -0.448. The zero-order valence-electron chi connectivity index (χ0n) is 21.3. The standard InChI is InChI=1S/C26H37N3O4S/c1-18(2)15-27-26(31)22(6)28(16-23-13-8-10-19(3)14-23)24(30)17-29(34(7,32)33)25-20(4)11-9-12-21(25)5/h8-14,18,22H,15-17H2,1-7H3,(H,27,31)/t22-/m0/s1. The molecule has 2 aromatic carbocycles. The molecule has 0 fully saturated rings. The van der Waals surface area contributed by atoms with E-state index in [1.165, 1.54) is 4.90 Å². The van der Waals surface area contributed by atoms with Gasteiger partial charge in [0.2, 0.25) is 21.8 Å². The van der Waals surface area contributed by atoms with E-state index >= 15 is 0 Å². The van der Waals surface area contributed by atoms with Crippen LogP contribution >= 0.6 is 0 Å². The van der Waals surface area contributed by atoms with Gasteiger partial charge in [0.05, 0.1) is 11.9 Å². The largest absolute Gasteiger partial charge is 0.354 e. The third-order valence-corrected chi connectivity index (χ3v) is 6.77. The highest BCUT2D eigenvalue weighted by atomic mass is 32.2. The first-order valence-corrected chi connectivity index (χ1v) is 13.3. The van der Waals surface area contributed by atoms with Crippen LogP contribution in [-0.2, 0) is 26.2 Å². The summed E-state index contributed by atoms with van der Waals surface area (Å²) in [6.45, 7) is 11.6. The second-order valence-corrected chi connectivity index (χ2v) is 11.2. The average Bonchev–Trinajstić information content (AvgIpc) is 2.73. The van der Waals surface area contributed by atoms with Gasteiger partial charge < -0.3 is 10.2 Å². The van der Waals surface area contributed by atoms with Gasteiger partial charge in [-0.25, -0.2) is 8.42 Å². The molecule has 0 heterocycles. The maximum atomic E-state index is 13.6. The maximum absolute atomic E-state index is 13.6. The average molecular weight is 488 g/mol. The lowest BCUT2D eigenvalue weighted by atomic mass is 10.1. The summed E-state index contributed by atoms with van der Waals surface area (Å²) in [5.41, 5.74) is 3.91. The van der Waals surface area contributed by atoms with E-state index < -0.39 is 28.5 Å². The summed E-state index contributed by atoms with van der Waals surface area (Å²) in [5, 5.41) is 2.88. The van der Waals surface area contributed by atoms with Crippen LogP contribution in [0.1, 0.15) is 43.0 Å². The first kappa shape index (κ1) is 27.4. The van der Waals surface area contributed by atoms with Gasteiger partial charge in [-0.05, 0) is 50.3 Å². The fourth-order valence-electron chi connectivity index (χ4n) is 3.82. The zero-order valence-corrected chi connectivity index (χ0v) is 22.1. The van der Waals surface area contributed by atoms with E-state index in [1.54, 1.807) is 6.92 Å². The lowest BCUT2D eigenvalue weighted by molar-refractivity contribution is -0.139. The Kier molecular flexibility index (Phi) is 9.27. The van der Waals surface area contributed by atoms with Gasteiger partial charge in [0.1, 0.15) is 12.6 Å². The maximum Gasteiger partial charge on any atom is 0.244 e. The van der Waals surface area contributed by atoms with Crippen molar-refractivity contribution in [1.29, 1.82) is 0 Å². The summed E-state index contributed by atoms with van der Waals surface area (Å²) in [4.78, 5) is 27.9. The minimum Gasteiger partial charge on any atom is -0.354 e. The van der Waals surface area contributed by atoms with Crippen molar-refractivity contribution in [2.75, 3.05) is 23.7 Å². The molecule has 0 saturated heterocycles. The fraction of sp³-hybridized carbons (Fsp3) is 0.462. The number of hydrogen-bond donors (Lipinski definition) is 1. The Balaban J connectivity index is 2.43. The smallest absolute Gasteiger partial charge is 0.244 e. The van der Waals surface area contributed by atoms with Gasteiger partial charge in [-0.1, -0.05) is 61.9 Å². The van der Waals surface area contributed by atoms with Gasteiger partial charge in [0, 0.05) is 13.1 Å². The number of carbonyl (C=O) groups is 2. The SMILES string of the molecule is Cc1cccc(CN(C(=O)CN(c2c(C)cccc2C)S(C)(=O)=O)[C@@H](C)C(=O)NCC(C)C)c1. The van der Waals surface area contributed by atoms with E-state index in [0.717, 1.165) is 32.8 Å². The Morgan fingerprint density at radius 3 is 2.09 bits per heavy atom. The molecule has 0 aliphatic carbocycles. The summed E-state index contributed by atoms with van der Waals surface area (Å²) >= 11 is 0. The molecule has 34 heavy (non-hydrogen) atoms. The molecule has 0 aliphatic heterocycles. The van der Waals surface area contributed by atoms with Gasteiger partial charge in [-0.2, -0.15) is 0 Å². The first-order valence-electron chi connectivity index (χ1n) is 11.5. The van der Waals surface area contributed by atoms with Crippen LogP contribution < -0.4 is 9.62 Å². The van der Waals surface area contributed by atoms with Crippen LogP contribution in [0.3, 0.4) is 0 Å². The number of rotatable bonds is 10. The third kappa shape index (κ3) is 7.32. The number of aryl methyl sites for hydroxylation is 3. The number of benzene rings is 2. The molecule has 0 aliphatic rings. The zero-order chi connectivity index (χ0) is 25.6. The Labute approximate surface area is 204 Å². The number of sulfonamides is 1. The van der Waals surface area contributed by atoms with E-state index in [9.17, 15) is 18.0 Å². The number of nitrogens with one attached hydrogen (secondary N) is 1. The van der Waals surface area contributed by atoms with Crippen LogP contribution in [0, 0.1) is 26.7 Å². The molecular weight excluding hydrogens is 450 g/mol. The van der Waals surface area contributed by atoms with Crippen molar-refractivity contribution in [3.05, 3.63) is 64.7 Å². The lowest BCUT2D eigenvalue weighted by Gasteiger charge is -2.32. The Morgan fingerprint density at radius 1 is 0.971 bits per heavy atom. The summed E-state index contributed by atoms with van der Waals surface area (Å²) in [6, 6.07) is 12.4. The second-order valence-electron chi connectivity index (χ2n) is 9.34. The quantitative estimate of drug-likeness (QED) is 0.555. The van der Waals surface area contributed by atoms with Crippen LogP contribution in [0.4, 0.5) is 5.69 Å². The van der Waals surface area contributed by atoms with Crippen LogP contribution in [0.2, 0.25) is 0 Å². The highest BCUT2D eigenvalue weighted by molar-refractivity contribution is 7.92. The van der Waals surface area contributed by atoms with Crippen LogP contribution in [0.25, 0.3) is 0 Å². The molecule has 1 atom stereocenters. The molecule has 0 bridgehead atoms. The fourth-order valence-corrected chi connectivity index (χ4v) is 4.78. The molecule has 0 unspecified atom stereocenters. The number of para-hydroxylation sites is 1. The summed E-state index contributed by atoms with van der Waals surface area (Å²) < 4.78 is 26.6. The number of hydrogen-bond acceptors (Lipinski definition) is 4. The molecule has 2 aromatic rings. The molecule has 0 saturated carbocycles. The number of nitrogens with zero attached hydrogens (tertiary/aromatic N) is 2. The Hall–Kier alpha value is -2.87. The Bertz CT molecular complexity index is 1110. The highest BCUT2D eigenvalue weighted by Gasteiger charge is 2.31. The van der Waals surface area contributed by atoms with E-state index in [4.69, 9.17) is 0 Å². The van der Waals surface area contributed by atoms with Crippen molar-refractivity contribution in [2.24, 2.45) is 5.92 Å². The molecular formula is C26H37N3O4S. The lowest BCUT2D eigenvalue weighted by Crippen LogP contribution is -2.51. The van der Waals surface area contributed by atoms with Crippen molar-refractivity contribution in [3.63, 3.8) is 0 Å². The number of anilines is 1. The van der Waals surface area contributed by atoms with Gasteiger partial charge in [0.15, 0.2) is 0 Å².